The van der Waals surface area contributed by atoms with E-state index in [2.05, 4.69) is 10.9 Å². The van der Waals surface area contributed by atoms with Crippen LogP contribution in [0.2, 0.25) is 0 Å². The molecular weight excluding hydrogens is 128 g/mol. The Labute approximate surface area is 61.2 Å². The molecule has 1 aliphatic rings. The molecule has 0 saturated heterocycles. The Kier molecular flexibility index (Phi) is 2.68. The van der Waals surface area contributed by atoms with Crippen molar-refractivity contribution < 1.29 is 4.79 Å². The SMILES string of the molecule is CCNNC(=O)C1CCC1. The summed E-state index contributed by atoms with van der Waals surface area (Å²) in [6, 6.07) is 0. The van der Waals surface area contributed by atoms with E-state index in [-0.39, 0.29) is 5.91 Å². The Morgan fingerprint density at radius 1 is 1.60 bits per heavy atom. The van der Waals surface area contributed by atoms with E-state index in [1.54, 1.807) is 0 Å². The summed E-state index contributed by atoms with van der Waals surface area (Å²) in [4.78, 5) is 11.0. The zero-order valence-corrected chi connectivity index (χ0v) is 6.31. The molecule has 0 unspecified atom stereocenters. The first-order chi connectivity index (χ1) is 4.84. The van der Waals surface area contributed by atoms with E-state index in [9.17, 15) is 4.79 Å². The smallest absolute Gasteiger partial charge is 0.237 e. The molecule has 1 rings (SSSR count). The summed E-state index contributed by atoms with van der Waals surface area (Å²) in [5.41, 5.74) is 5.44. The molecule has 2 N–H and O–H groups in total. The Bertz CT molecular complexity index is 121. The van der Waals surface area contributed by atoms with Crippen LogP contribution in [0.4, 0.5) is 0 Å². The maximum Gasteiger partial charge on any atom is 0.237 e. The van der Waals surface area contributed by atoms with Crippen LogP contribution in [0.3, 0.4) is 0 Å². The number of carbonyl (C=O) groups excluding carboxylic acids is 1. The van der Waals surface area contributed by atoms with E-state index in [0.29, 0.717) is 5.92 Å². The largest absolute Gasteiger partial charge is 0.291 e. The highest BCUT2D eigenvalue weighted by atomic mass is 16.2. The van der Waals surface area contributed by atoms with Crippen molar-refractivity contribution in [3.05, 3.63) is 0 Å². The van der Waals surface area contributed by atoms with Crippen molar-refractivity contribution in [2.75, 3.05) is 6.54 Å². The van der Waals surface area contributed by atoms with E-state index < -0.39 is 0 Å². The van der Waals surface area contributed by atoms with Crippen molar-refractivity contribution in [2.24, 2.45) is 5.92 Å². The molecule has 58 valence electrons. The number of hydrogen-bond acceptors (Lipinski definition) is 2. The molecular formula is C7H14N2O. The second-order valence-electron chi connectivity index (χ2n) is 2.65. The van der Waals surface area contributed by atoms with Crippen molar-refractivity contribution >= 4 is 5.91 Å². The number of carbonyl (C=O) groups is 1. The van der Waals surface area contributed by atoms with E-state index in [0.717, 1.165) is 19.4 Å². The number of nitrogens with one attached hydrogen (secondary N) is 2. The maximum absolute atomic E-state index is 11.0. The van der Waals surface area contributed by atoms with Crippen LogP contribution >= 0.6 is 0 Å². The van der Waals surface area contributed by atoms with Gasteiger partial charge in [-0.25, -0.2) is 5.43 Å². The van der Waals surface area contributed by atoms with Gasteiger partial charge in [0.2, 0.25) is 5.91 Å². The number of rotatable bonds is 3. The topological polar surface area (TPSA) is 41.1 Å². The highest BCUT2D eigenvalue weighted by molar-refractivity contribution is 5.78. The molecule has 0 aromatic carbocycles. The zero-order chi connectivity index (χ0) is 7.40. The summed E-state index contributed by atoms with van der Waals surface area (Å²) in [6.07, 6.45) is 3.35. The molecule has 0 atom stereocenters. The van der Waals surface area contributed by atoms with Gasteiger partial charge in [-0.1, -0.05) is 13.3 Å². The van der Waals surface area contributed by atoms with Crippen LogP contribution in [-0.4, -0.2) is 12.5 Å². The van der Waals surface area contributed by atoms with Crippen molar-refractivity contribution in [2.45, 2.75) is 26.2 Å². The number of hydrogen-bond donors (Lipinski definition) is 2. The fourth-order valence-electron chi connectivity index (χ4n) is 0.948. The molecule has 0 aromatic rings. The summed E-state index contributed by atoms with van der Waals surface area (Å²) < 4.78 is 0. The molecule has 1 aliphatic carbocycles. The van der Waals surface area contributed by atoms with Crippen molar-refractivity contribution in [1.82, 2.24) is 10.9 Å². The highest BCUT2D eigenvalue weighted by Crippen LogP contribution is 2.25. The van der Waals surface area contributed by atoms with Crippen molar-refractivity contribution in [1.29, 1.82) is 0 Å². The summed E-state index contributed by atoms with van der Waals surface area (Å²) in [6.45, 7) is 2.75. The molecule has 3 nitrogen and oxygen atoms in total. The van der Waals surface area contributed by atoms with E-state index in [1.807, 2.05) is 6.92 Å². The van der Waals surface area contributed by atoms with Gasteiger partial charge < -0.3 is 0 Å². The molecule has 1 fully saturated rings. The van der Waals surface area contributed by atoms with Crippen LogP contribution in [0.1, 0.15) is 26.2 Å². The van der Waals surface area contributed by atoms with Gasteiger partial charge >= 0.3 is 0 Å². The summed E-state index contributed by atoms with van der Waals surface area (Å²) in [5, 5.41) is 0. The van der Waals surface area contributed by atoms with Gasteiger partial charge in [-0.15, -0.1) is 0 Å². The Morgan fingerprint density at radius 3 is 2.70 bits per heavy atom. The van der Waals surface area contributed by atoms with Gasteiger partial charge in [0.05, 0.1) is 0 Å². The molecule has 0 radical (unpaired) electrons. The molecule has 0 heterocycles. The van der Waals surface area contributed by atoms with Gasteiger partial charge in [-0.3, -0.25) is 10.2 Å². The number of amides is 1. The molecule has 0 bridgehead atoms. The molecule has 0 spiro atoms. The third-order valence-corrected chi connectivity index (χ3v) is 1.86. The van der Waals surface area contributed by atoms with Gasteiger partial charge in [0.15, 0.2) is 0 Å². The molecule has 3 heteroatoms. The van der Waals surface area contributed by atoms with Crippen molar-refractivity contribution in [3.63, 3.8) is 0 Å². The molecule has 1 amide bonds. The van der Waals surface area contributed by atoms with E-state index in [4.69, 9.17) is 0 Å². The minimum atomic E-state index is 0.160. The predicted octanol–water partition coefficient (Wildman–Crippen LogP) is 0.427. The van der Waals surface area contributed by atoms with Crippen LogP contribution in [0, 0.1) is 5.92 Å². The van der Waals surface area contributed by atoms with Gasteiger partial charge in [0.1, 0.15) is 0 Å². The van der Waals surface area contributed by atoms with Crippen LogP contribution in [0.25, 0.3) is 0 Å². The van der Waals surface area contributed by atoms with Crippen LogP contribution in [0.5, 0.6) is 0 Å². The molecule has 1 saturated carbocycles. The third kappa shape index (κ3) is 1.70. The van der Waals surface area contributed by atoms with E-state index >= 15 is 0 Å². The van der Waals surface area contributed by atoms with Crippen molar-refractivity contribution in [3.8, 4) is 0 Å². The summed E-state index contributed by atoms with van der Waals surface area (Å²) in [7, 11) is 0. The Balaban J connectivity index is 2.08. The highest BCUT2D eigenvalue weighted by Gasteiger charge is 2.24. The normalized spacial score (nSPS) is 18.1. The lowest BCUT2D eigenvalue weighted by Gasteiger charge is -2.23. The number of hydrazine groups is 1. The quantitative estimate of drug-likeness (QED) is 0.561. The average Bonchev–Trinajstić information content (AvgIpc) is 1.79. The first-order valence-corrected chi connectivity index (χ1v) is 3.87. The minimum Gasteiger partial charge on any atom is -0.291 e. The van der Waals surface area contributed by atoms with Crippen LogP contribution < -0.4 is 10.9 Å². The second kappa shape index (κ2) is 3.56. The Hall–Kier alpha value is -0.570. The van der Waals surface area contributed by atoms with Gasteiger partial charge in [0, 0.05) is 12.5 Å². The molecule has 0 aromatic heterocycles. The zero-order valence-electron chi connectivity index (χ0n) is 6.31. The lowest BCUT2D eigenvalue weighted by atomic mass is 9.85. The van der Waals surface area contributed by atoms with Gasteiger partial charge in [0.25, 0.3) is 0 Å². The van der Waals surface area contributed by atoms with E-state index in [1.165, 1.54) is 6.42 Å². The summed E-state index contributed by atoms with van der Waals surface area (Å²) >= 11 is 0. The fraction of sp³-hybridized carbons (Fsp3) is 0.857. The van der Waals surface area contributed by atoms with Crippen LogP contribution in [-0.2, 0) is 4.79 Å². The summed E-state index contributed by atoms with van der Waals surface area (Å²) in [5.74, 6) is 0.451. The lowest BCUT2D eigenvalue weighted by molar-refractivity contribution is -0.128. The third-order valence-electron chi connectivity index (χ3n) is 1.86. The lowest BCUT2D eigenvalue weighted by Crippen LogP contribution is -2.42. The standard InChI is InChI=1S/C7H14N2O/c1-2-8-9-7(10)6-4-3-5-6/h6,8H,2-5H2,1H3,(H,9,10). The Morgan fingerprint density at radius 2 is 2.30 bits per heavy atom. The maximum atomic E-state index is 11.0. The van der Waals surface area contributed by atoms with Crippen LogP contribution in [0.15, 0.2) is 0 Å². The molecule has 10 heavy (non-hydrogen) atoms. The first-order valence-electron chi connectivity index (χ1n) is 3.87. The van der Waals surface area contributed by atoms with Gasteiger partial charge in [-0.2, -0.15) is 0 Å². The fourth-order valence-corrected chi connectivity index (χ4v) is 0.948. The predicted molar refractivity (Wildman–Crippen MR) is 39.2 cm³/mol. The van der Waals surface area contributed by atoms with Gasteiger partial charge in [-0.05, 0) is 12.8 Å². The average molecular weight is 142 g/mol. The minimum absolute atomic E-state index is 0.160. The first kappa shape index (κ1) is 7.54. The monoisotopic (exact) mass is 142 g/mol. The molecule has 0 aliphatic heterocycles. The second-order valence-corrected chi connectivity index (χ2v) is 2.65.